The number of Topliss-reactive ketones (excluding diaryl/α,β-unsaturated/α-hetero) is 1. The summed E-state index contributed by atoms with van der Waals surface area (Å²) in [5.41, 5.74) is 2.72. The number of aromatic nitrogens is 4. The summed E-state index contributed by atoms with van der Waals surface area (Å²) in [6.45, 7) is -0.0723. The van der Waals surface area contributed by atoms with E-state index >= 15 is 0 Å². The number of carbonyl (C=O) groups excluding carboxylic acids is 1. The van der Waals surface area contributed by atoms with Crippen molar-refractivity contribution in [2.45, 2.75) is 6.54 Å². The van der Waals surface area contributed by atoms with Gasteiger partial charge in [-0.3, -0.25) is 9.36 Å². The number of hydrogen-bond acceptors (Lipinski definition) is 5. The summed E-state index contributed by atoms with van der Waals surface area (Å²) in [5.74, 6) is -0.176. The van der Waals surface area contributed by atoms with Gasteiger partial charge in [0.2, 0.25) is 0 Å². The number of nitrogens with zero attached hydrogens (tertiary/aromatic N) is 3. The van der Waals surface area contributed by atoms with Crippen LogP contribution in [0.1, 0.15) is 10.4 Å². The average molecular weight is 345 g/mol. The molecular weight excluding hydrogens is 336 g/mol. The fourth-order valence-corrected chi connectivity index (χ4v) is 3.18. The molecule has 1 N–H and O–H groups in total. The number of aromatic amines is 1. The maximum Gasteiger partial charge on any atom is 0.326 e. The normalized spacial score (nSPS) is 11.3. The summed E-state index contributed by atoms with van der Waals surface area (Å²) in [6.07, 6.45) is 0. The first-order chi connectivity index (χ1) is 11.1. The maximum atomic E-state index is 12.4. The minimum Gasteiger partial charge on any atom is -0.305 e. The maximum absolute atomic E-state index is 12.4. The average Bonchev–Trinajstić information content (AvgIpc) is 3.12. The lowest BCUT2D eigenvalue weighted by Crippen LogP contribution is -2.21. The molecule has 6 nitrogen and oxygen atoms in total. The summed E-state index contributed by atoms with van der Waals surface area (Å²) in [4.78, 5) is 27.4. The van der Waals surface area contributed by atoms with Crippen LogP contribution in [0.15, 0.2) is 41.2 Å². The van der Waals surface area contributed by atoms with Crippen LogP contribution in [0.5, 0.6) is 0 Å². The minimum absolute atomic E-state index is 0.0723. The Bertz CT molecular complexity index is 1090. The highest BCUT2D eigenvalue weighted by atomic mass is 35.5. The Balaban J connectivity index is 1.83. The van der Waals surface area contributed by atoms with Crippen molar-refractivity contribution in [3.05, 3.63) is 57.5 Å². The smallest absolute Gasteiger partial charge is 0.305 e. The summed E-state index contributed by atoms with van der Waals surface area (Å²) < 4.78 is 9.80. The second kappa shape index (κ2) is 5.29. The molecule has 0 atom stereocenters. The molecule has 0 unspecified atom stereocenters. The monoisotopic (exact) mass is 344 g/mol. The van der Waals surface area contributed by atoms with Gasteiger partial charge in [-0.2, -0.15) is 8.75 Å². The molecular formula is C15H9ClN4O2S. The van der Waals surface area contributed by atoms with Crippen LogP contribution in [-0.2, 0) is 6.54 Å². The quantitative estimate of drug-likeness (QED) is 0.579. The number of ketones is 1. The molecule has 0 spiro atoms. The molecule has 4 aromatic rings. The fourth-order valence-electron chi connectivity index (χ4n) is 2.52. The van der Waals surface area contributed by atoms with Crippen LogP contribution in [0.4, 0.5) is 0 Å². The molecule has 4 rings (SSSR count). The molecule has 2 aromatic carbocycles. The number of halogens is 1. The summed E-state index contributed by atoms with van der Waals surface area (Å²) >= 11 is 6.90. The van der Waals surface area contributed by atoms with E-state index in [9.17, 15) is 9.59 Å². The van der Waals surface area contributed by atoms with Crippen LogP contribution in [0.2, 0.25) is 5.02 Å². The Labute approximate surface area is 138 Å². The van der Waals surface area contributed by atoms with Gasteiger partial charge >= 0.3 is 5.69 Å². The van der Waals surface area contributed by atoms with Crippen LogP contribution in [0.3, 0.4) is 0 Å². The van der Waals surface area contributed by atoms with E-state index in [0.29, 0.717) is 32.7 Å². The van der Waals surface area contributed by atoms with Gasteiger partial charge in [-0.1, -0.05) is 11.6 Å². The number of rotatable bonds is 3. The largest absolute Gasteiger partial charge is 0.326 e. The molecule has 2 aromatic heterocycles. The highest BCUT2D eigenvalue weighted by Gasteiger charge is 2.16. The molecule has 0 aliphatic rings. The van der Waals surface area contributed by atoms with Gasteiger partial charge in [0.1, 0.15) is 11.0 Å². The molecule has 0 radical (unpaired) electrons. The number of hydrogen-bond donors (Lipinski definition) is 1. The van der Waals surface area contributed by atoms with Crippen molar-refractivity contribution < 1.29 is 4.79 Å². The molecule has 0 aliphatic heterocycles. The highest BCUT2D eigenvalue weighted by molar-refractivity contribution is 7.00. The molecule has 0 bridgehead atoms. The lowest BCUT2D eigenvalue weighted by molar-refractivity contribution is 0.0972. The number of nitrogens with one attached hydrogen (secondary N) is 1. The van der Waals surface area contributed by atoms with Gasteiger partial charge in [-0.15, -0.1) is 0 Å². The summed E-state index contributed by atoms with van der Waals surface area (Å²) in [7, 11) is 0. The zero-order valence-corrected chi connectivity index (χ0v) is 13.2. The lowest BCUT2D eigenvalue weighted by atomic mass is 10.1. The number of carbonyl (C=O) groups is 1. The van der Waals surface area contributed by atoms with Crippen molar-refractivity contribution in [1.82, 2.24) is 18.3 Å². The topological polar surface area (TPSA) is 80.6 Å². The summed E-state index contributed by atoms with van der Waals surface area (Å²) in [6, 6.07) is 10.1. The van der Waals surface area contributed by atoms with Gasteiger partial charge in [-0.05, 0) is 36.4 Å². The van der Waals surface area contributed by atoms with Crippen molar-refractivity contribution in [2.75, 3.05) is 0 Å². The number of H-pyrrole nitrogens is 1. The Morgan fingerprint density at radius 1 is 1.17 bits per heavy atom. The van der Waals surface area contributed by atoms with Gasteiger partial charge in [0.25, 0.3) is 0 Å². The Morgan fingerprint density at radius 2 is 1.96 bits per heavy atom. The van der Waals surface area contributed by atoms with Crippen molar-refractivity contribution in [1.29, 1.82) is 0 Å². The second-order valence-electron chi connectivity index (χ2n) is 5.04. The van der Waals surface area contributed by atoms with E-state index < -0.39 is 0 Å². The third-order valence-electron chi connectivity index (χ3n) is 3.63. The van der Waals surface area contributed by atoms with Gasteiger partial charge in [0.05, 0.1) is 29.3 Å². The zero-order valence-electron chi connectivity index (χ0n) is 11.6. The molecule has 0 saturated heterocycles. The van der Waals surface area contributed by atoms with Gasteiger partial charge in [-0.25, -0.2) is 4.79 Å². The predicted molar refractivity (Wildman–Crippen MR) is 89.3 cm³/mol. The van der Waals surface area contributed by atoms with E-state index in [1.165, 1.54) is 4.57 Å². The van der Waals surface area contributed by atoms with Crippen molar-refractivity contribution >= 4 is 51.2 Å². The molecule has 23 heavy (non-hydrogen) atoms. The first-order valence-electron chi connectivity index (χ1n) is 6.76. The molecule has 0 fully saturated rings. The van der Waals surface area contributed by atoms with Crippen molar-refractivity contribution in [3.8, 4) is 0 Å². The van der Waals surface area contributed by atoms with E-state index in [-0.39, 0.29) is 18.0 Å². The first-order valence-corrected chi connectivity index (χ1v) is 7.87. The van der Waals surface area contributed by atoms with Crippen LogP contribution < -0.4 is 5.69 Å². The van der Waals surface area contributed by atoms with Crippen LogP contribution in [-0.4, -0.2) is 24.1 Å². The number of imidazole rings is 1. The third-order valence-corrected chi connectivity index (χ3v) is 4.42. The van der Waals surface area contributed by atoms with E-state index in [0.717, 1.165) is 11.7 Å². The number of fused-ring (bicyclic) bond motifs is 3. The van der Waals surface area contributed by atoms with E-state index in [1.807, 2.05) is 0 Å². The van der Waals surface area contributed by atoms with Crippen LogP contribution in [0.25, 0.3) is 22.1 Å². The van der Waals surface area contributed by atoms with Crippen LogP contribution in [0, 0.1) is 0 Å². The standard InChI is InChI=1S/C15H9ClN4O2S/c16-9-3-1-8(2-4-9)12(21)7-20-14-11(17-15(20)22)6-5-10-13(14)19-23-18-10/h1-6H,7H2,(H,17,22). The Morgan fingerprint density at radius 3 is 2.74 bits per heavy atom. The zero-order chi connectivity index (χ0) is 16.0. The van der Waals surface area contributed by atoms with Gasteiger partial charge in [0, 0.05) is 10.6 Å². The SMILES string of the molecule is O=C(Cn1c(=O)[nH]c2ccc3nsnc3c21)c1ccc(Cl)cc1. The lowest BCUT2D eigenvalue weighted by Gasteiger charge is -2.04. The van der Waals surface area contributed by atoms with Crippen molar-refractivity contribution in [3.63, 3.8) is 0 Å². The van der Waals surface area contributed by atoms with Gasteiger partial charge < -0.3 is 4.98 Å². The molecule has 2 heterocycles. The highest BCUT2D eigenvalue weighted by Crippen LogP contribution is 2.22. The summed E-state index contributed by atoms with van der Waals surface area (Å²) in [5, 5.41) is 0.557. The molecule has 0 aliphatic carbocycles. The molecule has 0 amide bonds. The molecule has 114 valence electrons. The third kappa shape index (κ3) is 2.34. The van der Waals surface area contributed by atoms with E-state index in [2.05, 4.69) is 13.7 Å². The predicted octanol–water partition coefficient (Wildman–Crippen LogP) is 2.87. The Kier molecular flexibility index (Phi) is 3.24. The Hall–Kier alpha value is -2.51. The second-order valence-corrected chi connectivity index (χ2v) is 6.00. The fraction of sp³-hybridized carbons (Fsp3) is 0.0667. The molecule has 0 saturated carbocycles. The minimum atomic E-state index is -0.345. The molecule has 8 heteroatoms. The van der Waals surface area contributed by atoms with E-state index in [4.69, 9.17) is 11.6 Å². The first kappa shape index (κ1) is 14.1. The van der Waals surface area contributed by atoms with Crippen LogP contribution >= 0.6 is 23.3 Å². The van der Waals surface area contributed by atoms with E-state index in [1.54, 1.807) is 36.4 Å². The number of benzene rings is 2. The van der Waals surface area contributed by atoms with Crippen molar-refractivity contribution in [2.24, 2.45) is 0 Å². The van der Waals surface area contributed by atoms with Gasteiger partial charge in [0.15, 0.2) is 5.78 Å².